The Labute approximate surface area is 119 Å². The Morgan fingerprint density at radius 2 is 1.90 bits per heavy atom. The molecule has 8 heteroatoms. The number of carbonyl (C=O) groups is 2. The topological polar surface area (TPSA) is 98.2 Å². The number of primary amides is 1. The van der Waals surface area contributed by atoms with Crippen molar-refractivity contribution in [1.82, 2.24) is 5.32 Å². The number of amides is 2. The van der Waals surface area contributed by atoms with Crippen molar-refractivity contribution in [1.29, 1.82) is 0 Å². The zero-order valence-corrected chi connectivity index (χ0v) is 11.2. The monoisotopic (exact) mass is 303 g/mol. The summed E-state index contributed by atoms with van der Waals surface area (Å²) in [5, 5.41) is 1.78. The number of anilines is 1. The Balaban J connectivity index is 2.49. The summed E-state index contributed by atoms with van der Waals surface area (Å²) in [6.07, 6.45) is -3.85. The highest BCUT2D eigenvalue weighted by molar-refractivity contribution is 5.95. The molecule has 5 N–H and O–H groups in total. The Kier molecular flexibility index (Phi) is 5.57. The van der Waals surface area contributed by atoms with Gasteiger partial charge < -0.3 is 16.8 Å². The van der Waals surface area contributed by atoms with Crippen molar-refractivity contribution < 1.29 is 22.8 Å². The summed E-state index contributed by atoms with van der Waals surface area (Å²) in [7, 11) is 0. The molecular formula is C13H16F3N3O2. The number of nitrogens with one attached hydrogen (secondary N) is 1. The average molecular weight is 303 g/mol. The van der Waals surface area contributed by atoms with Gasteiger partial charge in [-0.3, -0.25) is 9.59 Å². The highest BCUT2D eigenvalue weighted by Gasteiger charge is 2.27. The fourth-order valence-corrected chi connectivity index (χ4v) is 1.77. The molecule has 0 aliphatic rings. The number of hydrogen-bond donors (Lipinski definition) is 3. The fourth-order valence-electron chi connectivity index (χ4n) is 1.77. The number of nitrogens with two attached hydrogens (primary N) is 2. The van der Waals surface area contributed by atoms with Crippen LogP contribution in [0.5, 0.6) is 0 Å². The lowest BCUT2D eigenvalue weighted by atomic mass is 10.0. The minimum atomic E-state index is -4.42. The Hall–Kier alpha value is -2.25. The number of hydrogen-bond acceptors (Lipinski definition) is 3. The lowest BCUT2D eigenvalue weighted by Gasteiger charge is -2.09. The normalized spacial score (nSPS) is 11.2. The van der Waals surface area contributed by atoms with E-state index in [1.54, 1.807) is 17.4 Å². The zero-order chi connectivity index (χ0) is 16.0. The van der Waals surface area contributed by atoms with Gasteiger partial charge in [-0.1, -0.05) is 6.07 Å². The SMILES string of the molecule is NC(=O)c1cc(N)ccc1CCCC(=O)NCC(F)(F)F. The van der Waals surface area contributed by atoms with E-state index in [2.05, 4.69) is 0 Å². The molecule has 0 saturated heterocycles. The maximum Gasteiger partial charge on any atom is 0.405 e. The molecule has 0 aromatic heterocycles. The van der Waals surface area contributed by atoms with Crippen LogP contribution in [-0.2, 0) is 11.2 Å². The summed E-state index contributed by atoms with van der Waals surface area (Å²) in [5.74, 6) is -1.33. The molecule has 0 bridgehead atoms. The van der Waals surface area contributed by atoms with Crippen LogP contribution in [-0.4, -0.2) is 24.5 Å². The third-order valence-corrected chi connectivity index (χ3v) is 2.74. The fraction of sp³-hybridized carbons (Fsp3) is 0.385. The van der Waals surface area contributed by atoms with Crippen molar-refractivity contribution in [2.24, 2.45) is 5.73 Å². The molecule has 116 valence electrons. The third kappa shape index (κ3) is 6.15. The second-order valence-corrected chi connectivity index (χ2v) is 4.53. The van der Waals surface area contributed by atoms with E-state index in [1.165, 1.54) is 6.07 Å². The molecule has 1 aromatic carbocycles. The van der Waals surface area contributed by atoms with Crippen LogP contribution in [0, 0.1) is 0 Å². The molecule has 5 nitrogen and oxygen atoms in total. The van der Waals surface area contributed by atoms with Crippen LogP contribution in [0.15, 0.2) is 18.2 Å². The first-order valence-electron chi connectivity index (χ1n) is 6.20. The van der Waals surface area contributed by atoms with Gasteiger partial charge in [-0.15, -0.1) is 0 Å². The van der Waals surface area contributed by atoms with E-state index in [0.717, 1.165) is 0 Å². The highest BCUT2D eigenvalue weighted by atomic mass is 19.4. The van der Waals surface area contributed by atoms with Gasteiger partial charge in [0, 0.05) is 17.7 Å². The van der Waals surface area contributed by atoms with Crippen molar-refractivity contribution in [3.63, 3.8) is 0 Å². The van der Waals surface area contributed by atoms with Gasteiger partial charge in [0.1, 0.15) is 6.54 Å². The predicted octanol–water partition coefficient (Wildman–Crippen LogP) is 1.37. The van der Waals surface area contributed by atoms with Crippen LogP contribution in [0.1, 0.15) is 28.8 Å². The Morgan fingerprint density at radius 1 is 1.24 bits per heavy atom. The largest absolute Gasteiger partial charge is 0.405 e. The molecule has 0 atom stereocenters. The molecule has 1 rings (SSSR count). The molecule has 0 unspecified atom stereocenters. The summed E-state index contributed by atoms with van der Waals surface area (Å²) < 4.78 is 35.7. The van der Waals surface area contributed by atoms with Gasteiger partial charge in [-0.25, -0.2) is 0 Å². The van der Waals surface area contributed by atoms with Crippen LogP contribution >= 0.6 is 0 Å². The van der Waals surface area contributed by atoms with Crippen molar-refractivity contribution >= 4 is 17.5 Å². The first-order chi connectivity index (χ1) is 9.69. The summed E-state index contributed by atoms with van der Waals surface area (Å²) >= 11 is 0. The minimum absolute atomic E-state index is 0.0708. The standard InChI is InChI=1S/C13H16F3N3O2/c14-13(15,16)7-19-11(20)3-1-2-8-4-5-9(17)6-10(8)12(18)21/h4-6H,1-3,7,17H2,(H2,18,21)(H,19,20). The molecule has 0 aliphatic heterocycles. The highest BCUT2D eigenvalue weighted by Crippen LogP contribution is 2.16. The lowest BCUT2D eigenvalue weighted by Crippen LogP contribution is -2.33. The molecule has 0 heterocycles. The first-order valence-corrected chi connectivity index (χ1v) is 6.20. The smallest absolute Gasteiger partial charge is 0.399 e. The number of aryl methyl sites for hydroxylation is 1. The van der Waals surface area contributed by atoms with Gasteiger partial charge in [0.25, 0.3) is 0 Å². The molecule has 21 heavy (non-hydrogen) atoms. The zero-order valence-electron chi connectivity index (χ0n) is 11.2. The second kappa shape index (κ2) is 6.96. The first kappa shape index (κ1) is 16.8. The number of halogens is 3. The van der Waals surface area contributed by atoms with E-state index in [9.17, 15) is 22.8 Å². The van der Waals surface area contributed by atoms with Crippen molar-refractivity contribution in [2.75, 3.05) is 12.3 Å². The molecule has 1 aromatic rings. The maximum absolute atomic E-state index is 11.9. The van der Waals surface area contributed by atoms with Crippen LogP contribution in [0.2, 0.25) is 0 Å². The van der Waals surface area contributed by atoms with Crippen molar-refractivity contribution in [3.05, 3.63) is 29.3 Å². The third-order valence-electron chi connectivity index (χ3n) is 2.74. The van der Waals surface area contributed by atoms with Gasteiger partial charge in [0.15, 0.2) is 0 Å². The van der Waals surface area contributed by atoms with E-state index in [0.29, 0.717) is 24.1 Å². The number of benzene rings is 1. The van der Waals surface area contributed by atoms with E-state index in [-0.39, 0.29) is 12.0 Å². The molecule has 0 saturated carbocycles. The number of rotatable bonds is 6. The van der Waals surface area contributed by atoms with E-state index in [4.69, 9.17) is 11.5 Å². The minimum Gasteiger partial charge on any atom is -0.399 e. The molecule has 0 aliphatic carbocycles. The predicted molar refractivity (Wildman–Crippen MR) is 71.4 cm³/mol. The van der Waals surface area contributed by atoms with Crippen LogP contribution in [0.25, 0.3) is 0 Å². The number of alkyl halides is 3. The van der Waals surface area contributed by atoms with Gasteiger partial charge in [-0.2, -0.15) is 13.2 Å². The summed E-state index contributed by atoms with van der Waals surface area (Å²) in [6.45, 7) is -1.35. The van der Waals surface area contributed by atoms with Gasteiger partial charge in [0.2, 0.25) is 11.8 Å². The maximum atomic E-state index is 11.9. The number of carbonyl (C=O) groups excluding carboxylic acids is 2. The van der Waals surface area contributed by atoms with E-state index in [1.807, 2.05) is 0 Å². The van der Waals surface area contributed by atoms with Gasteiger partial charge >= 0.3 is 6.18 Å². The molecule has 2 amide bonds. The van der Waals surface area contributed by atoms with E-state index >= 15 is 0 Å². The number of nitrogen functional groups attached to an aromatic ring is 1. The quantitative estimate of drug-likeness (QED) is 0.692. The van der Waals surface area contributed by atoms with Crippen LogP contribution < -0.4 is 16.8 Å². The summed E-state index contributed by atoms with van der Waals surface area (Å²) in [6, 6.07) is 4.63. The average Bonchev–Trinajstić information content (AvgIpc) is 2.37. The van der Waals surface area contributed by atoms with Crippen molar-refractivity contribution in [3.8, 4) is 0 Å². The van der Waals surface area contributed by atoms with Crippen LogP contribution in [0.3, 0.4) is 0 Å². The second-order valence-electron chi connectivity index (χ2n) is 4.53. The molecule has 0 fully saturated rings. The van der Waals surface area contributed by atoms with E-state index < -0.39 is 24.5 Å². The molecule has 0 spiro atoms. The van der Waals surface area contributed by atoms with Crippen LogP contribution in [0.4, 0.5) is 18.9 Å². The van der Waals surface area contributed by atoms with Gasteiger partial charge in [0.05, 0.1) is 0 Å². The molecule has 0 radical (unpaired) electrons. The van der Waals surface area contributed by atoms with Crippen molar-refractivity contribution in [2.45, 2.75) is 25.4 Å². The lowest BCUT2D eigenvalue weighted by molar-refractivity contribution is -0.138. The summed E-state index contributed by atoms with van der Waals surface area (Å²) in [5.41, 5.74) is 12.0. The Bertz CT molecular complexity index is 530. The Morgan fingerprint density at radius 3 is 2.48 bits per heavy atom. The summed E-state index contributed by atoms with van der Waals surface area (Å²) in [4.78, 5) is 22.5. The van der Waals surface area contributed by atoms with Gasteiger partial charge in [-0.05, 0) is 30.5 Å². The molecular weight excluding hydrogens is 287 g/mol.